The molecule has 4 heteroatoms. The van der Waals surface area contributed by atoms with Crippen molar-refractivity contribution in [3.8, 4) is 0 Å². The molecule has 96 valence electrons. The van der Waals surface area contributed by atoms with Crippen molar-refractivity contribution in [3.05, 3.63) is 0 Å². The van der Waals surface area contributed by atoms with Crippen molar-refractivity contribution in [3.63, 3.8) is 0 Å². The molecule has 0 aromatic rings. The predicted octanol–water partition coefficient (Wildman–Crippen LogP) is 1.68. The molecule has 1 aliphatic rings. The van der Waals surface area contributed by atoms with Crippen molar-refractivity contribution >= 4 is 12.6 Å². The minimum absolute atomic E-state index is 0.364. The highest BCUT2D eigenvalue weighted by atomic mass is 32.1. The Balaban J connectivity index is 2.30. The van der Waals surface area contributed by atoms with Crippen molar-refractivity contribution < 1.29 is 9.47 Å². The van der Waals surface area contributed by atoms with Crippen LogP contribution in [0.4, 0.5) is 0 Å². The smallest absolute Gasteiger partial charge is 0.0474 e. The Hall–Kier alpha value is 0.230. The van der Waals surface area contributed by atoms with Gasteiger partial charge < -0.3 is 14.4 Å². The molecule has 0 atom stereocenters. The third kappa shape index (κ3) is 4.62. The van der Waals surface area contributed by atoms with Crippen LogP contribution in [-0.4, -0.2) is 57.7 Å². The van der Waals surface area contributed by atoms with Crippen LogP contribution in [0.2, 0.25) is 0 Å². The highest BCUT2D eigenvalue weighted by Gasteiger charge is 2.32. The number of hydrogen-bond donors (Lipinski definition) is 1. The molecule has 0 aliphatic carbocycles. The van der Waals surface area contributed by atoms with Crippen LogP contribution >= 0.6 is 12.6 Å². The third-order valence-electron chi connectivity index (χ3n) is 3.38. The molecule has 1 saturated heterocycles. The molecule has 0 aromatic carbocycles. The molecule has 1 heterocycles. The highest BCUT2D eigenvalue weighted by Crippen LogP contribution is 2.32. The van der Waals surface area contributed by atoms with E-state index in [1.165, 1.54) is 0 Å². The van der Waals surface area contributed by atoms with E-state index in [9.17, 15) is 0 Å². The van der Waals surface area contributed by atoms with E-state index in [2.05, 4.69) is 24.6 Å². The monoisotopic (exact) mass is 247 g/mol. The zero-order chi connectivity index (χ0) is 11.9. The van der Waals surface area contributed by atoms with E-state index in [4.69, 9.17) is 9.47 Å². The molecule has 0 bridgehead atoms. The lowest BCUT2D eigenvalue weighted by Gasteiger charge is -2.39. The average molecular weight is 247 g/mol. The lowest BCUT2D eigenvalue weighted by Crippen LogP contribution is -2.41. The first-order chi connectivity index (χ1) is 7.72. The van der Waals surface area contributed by atoms with Gasteiger partial charge in [0, 0.05) is 40.0 Å². The highest BCUT2D eigenvalue weighted by molar-refractivity contribution is 7.80. The Morgan fingerprint density at radius 2 is 2.06 bits per heavy atom. The summed E-state index contributed by atoms with van der Waals surface area (Å²) in [5.74, 6) is 0.963. The summed E-state index contributed by atoms with van der Waals surface area (Å²) in [5.41, 5.74) is 0.364. The summed E-state index contributed by atoms with van der Waals surface area (Å²) in [7, 11) is 3.95. The van der Waals surface area contributed by atoms with Gasteiger partial charge in [-0.1, -0.05) is 0 Å². The third-order valence-corrected chi connectivity index (χ3v) is 4.05. The minimum atomic E-state index is 0.364. The molecule has 1 fully saturated rings. The van der Waals surface area contributed by atoms with E-state index >= 15 is 0 Å². The molecule has 0 unspecified atom stereocenters. The fourth-order valence-corrected chi connectivity index (χ4v) is 2.72. The van der Waals surface area contributed by atoms with Gasteiger partial charge in [0.05, 0.1) is 0 Å². The molecule has 3 nitrogen and oxygen atoms in total. The molecule has 0 radical (unpaired) electrons. The van der Waals surface area contributed by atoms with Crippen molar-refractivity contribution in [1.29, 1.82) is 0 Å². The maximum absolute atomic E-state index is 5.43. The SMILES string of the molecule is COCCCN(C)CC1(CS)CCOCC1. The molecule has 1 aliphatic heterocycles. The van der Waals surface area contributed by atoms with E-state index in [1.807, 2.05) is 0 Å². The van der Waals surface area contributed by atoms with Crippen molar-refractivity contribution in [2.24, 2.45) is 5.41 Å². The molecule has 0 saturated carbocycles. The molecular formula is C12H25NO2S. The van der Waals surface area contributed by atoms with Crippen molar-refractivity contribution in [2.45, 2.75) is 19.3 Å². The summed E-state index contributed by atoms with van der Waals surface area (Å²) < 4.78 is 10.5. The molecule has 1 rings (SSSR count). The topological polar surface area (TPSA) is 21.7 Å². The molecule has 0 aromatic heterocycles. The van der Waals surface area contributed by atoms with Gasteiger partial charge in [-0.05, 0) is 37.5 Å². The molecule has 0 amide bonds. The van der Waals surface area contributed by atoms with E-state index in [1.54, 1.807) is 7.11 Å². The summed E-state index contributed by atoms with van der Waals surface area (Å²) in [6.07, 6.45) is 3.39. The first-order valence-corrected chi connectivity index (χ1v) is 6.72. The van der Waals surface area contributed by atoms with E-state index in [-0.39, 0.29) is 0 Å². The van der Waals surface area contributed by atoms with Gasteiger partial charge in [-0.2, -0.15) is 12.6 Å². The Bertz CT molecular complexity index is 184. The second kappa shape index (κ2) is 7.54. The van der Waals surface area contributed by atoms with Gasteiger partial charge in [0.25, 0.3) is 0 Å². The van der Waals surface area contributed by atoms with E-state index < -0.39 is 0 Å². The quantitative estimate of drug-likeness (QED) is 0.546. The first-order valence-electron chi connectivity index (χ1n) is 6.08. The number of methoxy groups -OCH3 is 1. The fourth-order valence-electron chi connectivity index (χ4n) is 2.30. The van der Waals surface area contributed by atoms with Crippen LogP contribution in [0.5, 0.6) is 0 Å². The summed E-state index contributed by atoms with van der Waals surface area (Å²) in [4.78, 5) is 2.40. The van der Waals surface area contributed by atoms with Gasteiger partial charge in [0.2, 0.25) is 0 Å². The van der Waals surface area contributed by atoms with Crippen LogP contribution in [0.25, 0.3) is 0 Å². The maximum Gasteiger partial charge on any atom is 0.0474 e. The van der Waals surface area contributed by atoms with Crippen LogP contribution in [0.1, 0.15) is 19.3 Å². The van der Waals surface area contributed by atoms with Crippen molar-refractivity contribution in [1.82, 2.24) is 4.90 Å². The zero-order valence-electron chi connectivity index (χ0n) is 10.6. The van der Waals surface area contributed by atoms with Gasteiger partial charge >= 0.3 is 0 Å². The molecular weight excluding hydrogens is 222 g/mol. The standard InChI is InChI=1S/C12H25NO2S/c1-13(6-3-7-14-2)10-12(11-16)4-8-15-9-5-12/h16H,3-11H2,1-2H3. The number of thiol groups is 1. The normalized spacial score (nSPS) is 20.2. The Labute approximate surface area is 105 Å². The van der Waals surface area contributed by atoms with Gasteiger partial charge in [0.15, 0.2) is 0 Å². The van der Waals surface area contributed by atoms with E-state index in [0.29, 0.717) is 5.41 Å². The van der Waals surface area contributed by atoms with E-state index in [0.717, 1.165) is 57.9 Å². The fraction of sp³-hybridized carbons (Fsp3) is 1.00. The second-order valence-corrected chi connectivity index (χ2v) is 5.17. The lowest BCUT2D eigenvalue weighted by atomic mass is 9.81. The number of nitrogens with zero attached hydrogens (tertiary/aromatic N) is 1. The summed E-state index contributed by atoms with van der Waals surface area (Å²) in [5, 5.41) is 0. The summed E-state index contributed by atoms with van der Waals surface area (Å²) in [6, 6.07) is 0. The van der Waals surface area contributed by atoms with Gasteiger partial charge in [-0.25, -0.2) is 0 Å². The Kier molecular flexibility index (Phi) is 6.73. The van der Waals surface area contributed by atoms with Crippen LogP contribution < -0.4 is 0 Å². The van der Waals surface area contributed by atoms with Gasteiger partial charge in [-0.3, -0.25) is 0 Å². The predicted molar refractivity (Wildman–Crippen MR) is 70.3 cm³/mol. The summed E-state index contributed by atoms with van der Waals surface area (Å²) >= 11 is 4.53. The van der Waals surface area contributed by atoms with Crippen LogP contribution in [0.3, 0.4) is 0 Å². The lowest BCUT2D eigenvalue weighted by molar-refractivity contribution is 0.0107. The first kappa shape index (κ1) is 14.3. The number of ether oxygens (including phenoxy) is 2. The Morgan fingerprint density at radius 3 is 2.62 bits per heavy atom. The van der Waals surface area contributed by atoms with Crippen LogP contribution in [-0.2, 0) is 9.47 Å². The van der Waals surface area contributed by atoms with Gasteiger partial charge in [0.1, 0.15) is 0 Å². The average Bonchev–Trinajstić information content (AvgIpc) is 2.30. The van der Waals surface area contributed by atoms with Crippen LogP contribution in [0.15, 0.2) is 0 Å². The summed E-state index contributed by atoms with van der Waals surface area (Å²) in [6.45, 7) is 4.87. The molecule has 0 spiro atoms. The molecule has 0 N–H and O–H groups in total. The van der Waals surface area contributed by atoms with Gasteiger partial charge in [-0.15, -0.1) is 0 Å². The largest absolute Gasteiger partial charge is 0.385 e. The molecule has 16 heavy (non-hydrogen) atoms. The second-order valence-electron chi connectivity index (χ2n) is 4.85. The Morgan fingerprint density at radius 1 is 1.38 bits per heavy atom. The number of hydrogen-bond acceptors (Lipinski definition) is 4. The number of rotatable bonds is 7. The zero-order valence-corrected chi connectivity index (χ0v) is 11.5. The van der Waals surface area contributed by atoms with Crippen molar-refractivity contribution in [2.75, 3.05) is 52.8 Å². The minimum Gasteiger partial charge on any atom is -0.385 e. The maximum atomic E-state index is 5.43. The van der Waals surface area contributed by atoms with Crippen LogP contribution in [0, 0.1) is 5.41 Å².